The van der Waals surface area contributed by atoms with E-state index in [1.165, 1.54) is 28.7 Å². The number of hydrogen-bond donors (Lipinski definition) is 1. The lowest BCUT2D eigenvalue weighted by Gasteiger charge is -2.17. The lowest BCUT2D eigenvalue weighted by molar-refractivity contribution is 0.417. The summed E-state index contributed by atoms with van der Waals surface area (Å²) >= 11 is 0. The Kier molecular flexibility index (Phi) is 4.19. The number of methoxy groups -OCH3 is 1. The molecule has 2 aromatic carbocycles. The first-order valence-electron chi connectivity index (χ1n) is 8.88. The highest BCUT2D eigenvalue weighted by atomic mass is 16.5. The summed E-state index contributed by atoms with van der Waals surface area (Å²) in [5, 5.41) is 0. The molecule has 2 aliphatic rings. The van der Waals surface area contributed by atoms with Crippen LogP contribution in [0.2, 0.25) is 0 Å². The highest BCUT2D eigenvalue weighted by molar-refractivity contribution is 5.95. The quantitative estimate of drug-likeness (QED) is 0.748. The van der Waals surface area contributed by atoms with Gasteiger partial charge in [0.1, 0.15) is 5.75 Å². The van der Waals surface area contributed by atoms with E-state index in [9.17, 15) is 0 Å². The van der Waals surface area contributed by atoms with Crippen LogP contribution in [0.5, 0.6) is 5.75 Å². The molecule has 0 radical (unpaired) electrons. The molecular weight excluding hydrogens is 306 g/mol. The monoisotopic (exact) mass is 329 g/mol. The molecular formula is C23H23NO. The molecule has 0 unspecified atom stereocenters. The summed E-state index contributed by atoms with van der Waals surface area (Å²) in [5.74, 6) is 0.723. The van der Waals surface area contributed by atoms with E-state index in [0.717, 1.165) is 30.6 Å². The number of aryl methyl sites for hydroxylation is 1. The predicted octanol–water partition coefficient (Wildman–Crippen LogP) is 5.41. The third kappa shape index (κ3) is 3.00. The molecule has 0 heterocycles. The van der Waals surface area contributed by atoms with Crippen molar-refractivity contribution in [1.29, 1.82) is 0 Å². The molecule has 2 N–H and O–H groups in total. The zero-order valence-electron chi connectivity index (χ0n) is 14.6. The average Bonchev–Trinajstić information content (AvgIpc) is 2.80. The summed E-state index contributed by atoms with van der Waals surface area (Å²) in [6.45, 7) is 0. The first kappa shape index (κ1) is 15.8. The Morgan fingerprint density at radius 1 is 1.04 bits per heavy atom. The molecule has 0 aromatic heterocycles. The minimum absolute atomic E-state index is 0.673. The van der Waals surface area contributed by atoms with Gasteiger partial charge < -0.3 is 10.5 Å². The molecule has 0 fully saturated rings. The summed E-state index contributed by atoms with van der Waals surface area (Å²) in [7, 11) is 1.65. The fourth-order valence-electron chi connectivity index (χ4n) is 3.85. The smallest absolute Gasteiger partial charge is 0.141 e. The molecule has 0 aliphatic heterocycles. The molecule has 2 nitrogen and oxygen atoms in total. The molecule has 0 saturated carbocycles. The summed E-state index contributed by atoms with van der Waals surface area (Å²) in [5.41, 5.74) is 14.9. The second kappa shape index (κ2) is 6.64. The van der Waals surface area contributed by atoms with Crippen LogP contribution in [0.1, 0.15) is 36.0 Å². The first-order valence-corrected chi connectivity index (χ1v) is 8.88. The number of nitrogen functional groups attached to an aromatic ring is 1. The van der Waals surface area contributed by atoms with E-state index in [2.05, 4.69) is 48.6 Å². The van der Waals surface area contributed by atoms with E-state index >= 15 is 0 Å². The summed E-state index contributed by atoms with van der Waals surface area (Å²) in [4.78, 5) is 0. The fraction of sp³-hybridized carbons (Fsp3) is 0.217. The molecule has 0 atom stereocenters. The molecule has 25 heavy (non-hydrogen) atoms. The molecule has 0 spiro atoms. The minimum atomic E-state index is 0.673. The standard InChI is InChI=1S/C23H23NO/c1-25-23-13-10-16(15-22(23)24)14-21-19-8-4-2-6-17(19)11-12-18-7-3-5-9-20(18)21/h2,4-6,8-10,13-15H,3,7,11-12,24H2,1H3/b21-14-. The highest BCUT2D eigenvalue weighted by Gasteiger charge is 2.20. The summed E-state index contributed by atoms with van der Waals surface area (Å²) in [6.07, 6.45) is 11.5. The predicted molar refractivity (Wildman–Crippen MR) is 105 cm³/mol. The summed E-state index contributed by atoms with van der Waals surface area (Å²) in [6, 6.07) is 14.8. The van der Waals surface area contributed by atoms with Crippen molar-refractivity contribution in [3.63, 3.8) is 0 Å². The zero-order valence-corrected chi connectivity index (χ0v) is 14.6. The van der Waals surface area contributed by atoms with Gasteiger partial charge in [0.05, 0.1) is 12.8 Å². The molecule has 0 bridgehead atoms. The van der Waals surface area contributed by atoms with E-state index in [1.807, 2.05) is 12.1 Å². The number of allylic oxidation sites excluding steroid dienone is 5. The van der Waals surface area contributed by atoms with Gasteiger partial charge >= 0.3 is 0 Å². The van der Waals surface area contributed by atoms with Crippen LogP contribution in [0.25, 0.3) is 11.6 Å². The minimum Gasteiger partial charge on any atom is -0.495 e. The largest absolute Gasteiger partial charge is 0.495 e. The number of fused-ring (bicyclic) bond motifs is 1. The molecule has 2 aromatic rings. The van der Waals surface area contributed by atoms with Gasteiger partial charge in [-0.2, -0.15) is 0 Å². The third-order valence-electron chi connectivity index (χ3n) is 5.14. The van der Waals surface area contributed by atoms with Gasteiger partial charge in [0.2, 0.25) is 0 Å². The number of ether oxygens (including phenoxy) is 1. The fourth-order valence-corrected chi connectivity index (χ4v) is 3.85. The van der Waals surface area contributed by atoms with Crippen LogP contribution in [0.15, 0.2) is 65.8 Å². The van der Waals surface area contributed by atoms with E-state index in [4.69, 9.17) is 10.5 Å². The van der Waals surface area contributed by atoms with Crippen LogP contribution in [0, 0.1) is 0 Å². The lowest BCUT2D eigenvalue weighted by atomic mass is 9.88. The van der Waals surface area contributed by atoms with Gasteiger partial charge in [-0.25, -0.2) is 0 Å². The maximum absolute atomic E-state index is 6.11. The highest BCUT2D eigenvalue weighted by Crippen LogP contribution is 2.39. The van der Waals surface area contributed by atoms with Crippen molar-refractivity contribution in [2.75, 3.05) is 12.8 Å². The average molecular weight is 329 g/mol. The van der Waals surface area contributed by atoms with Crippen LogP contribution in [0.3, 0.4) is 0 Å². The van der Waals surface area contributed by atoms with Gasteiger partial charge in [-0.3, -0.25) is 0 Å². The zero-order chi connectivity index (χ0) is 17.2. The van der Waals surface area contributed by atoms with Crippen LogP contribution < -0.4 is 10.5 Å². The number of benzene rings is 2. The van der Waals surface area contributed by atoms with Crippen LogP contribution in [-0.4, -0.2) is 7.11 Å². The molecule has 2 heteroatoms. The second-order valence-electron chi connectivity index (χ2n) is 6.67. The first-order chi connectivity index (χ1) is 12.3. The van der Waals surface area contributed by atoms with Gasteiger partial charge in [0.25, 0.3) is 0 Å². The van der Waals surface area contributed by atoms with E-state index in [-0.39, 0.29) is 0 Å². The van der Waals surface area contributed by atoms with Crippen molar-refractivity contribution in [3.05, 3.63) is 82.5 Å². The third-order valence-corrected chi connectivity index (χ3v) is 5.14. The Morgan fingerprint density at radius 2 is 1.92 bits per heavy atom. The number of rotatable bonds is 2. The van der Waals surface area contributed by atoms with E-state index in [1.54, 1.807) is 12.7 Å². The Hall–Kier alpha value is -2.74. The van der Waals surface area contributed by atoms with Gasteiger partial charge in [0.15, 0.2) is 0 Å². The van der Waals surface area contributed by atoms with Crippen LogP contribution in [0.4, 0.5) is 5.69 Å². The Morgan fingerprint density at radius 3 is 2.76 bits per heavy atom. The normalized spacial score (nSPS) is 17.9. The van der Waals surface area contributed by atoms with Gasteiger partial charge in [-0.05, 0) is 71.7 Å². The van der Waals surface area contributed by atoms with Crippen molar-refractivity contribution in [2.24, 2.45) is 0 Å². The van der Waals surface area contributed by atoms with Gasteiger partial charge in [-0.1, -0.05) is 48.1 Å². The maximum Gasteiger partial charge on any atom is 0.141 e. The van der Waals surface area contributed by atoms with Crippen LogP contribution in [-0.2, 0) is 6.42 Å². The van der Waals surface area contributed by atoms with E-state index < -0.39 is 0 Å². The molecule has 126 valence electrons. The van der Waals surface area contributed by atoms with Crippen molar-refractivity contribution < 1.29 is 4.74 Å². The van der Waals surface area contributed by atoms with Crippen molar-refractivity contribution in [3.8, 4) is 5.75 Å². The number of nitrogens with two attached hydrogens (primary N) is 1. The van der Waals surface area contributed by atoms with Crippen molar-refractivity contribution >= 4 is 17.3 Å². The Bertz CT molecular complexity index is 902. The second-order valence-corrected chi connectivity index (χ2v) is 6.67. The number of hydrogen-bond acceptors (Lipinski definition) is 2. The van der Waals surface area contributed by atoms with Crippen molar-refractivity contribution in [2.45, 2.75) is 25.7 Å². The Labute approximate surface area is 149 Å². The van der Waals surface area contributed by atoms with Crippen LogP contribution >= 0.6 is 0 Å². The SMILES string of the molecule is COc1ccc(/C=C2\C3=C(CCC=C3)CCc3ccccc32)cc1N. The molecule has 0 saturated heterocycles. The summed E-state index contributed by atoms with van der Waals surface area (Å²) < 4.78 is 5.29. The topological polar surface area (TPSA) is 35.2 Å². The Balaban J connectivity index is 1.88. The van der Waals surface area contributed by atoms with Gasteiger partial charge in [-0.15, -0.1) is 0 Å². The van der Waals surface area contributed by atoms with Crippen molar-refractivity contribution in [1.82, 2.24) is 0 Å². The van der Waals surface area contributed by atoms with E-state index in [0.29, 0.717) is 5.69 Å². The number of anilines is 1. The molecule has 2 aliphatic carbocycles. The molecule has 4 rings (SSSR count). The lowest BCUT2D eigenvalue weighted by Crippen LogP contribution is -1.97. The maximum atomic E-state index is 6.11. The molecule has 0 amide bonds. The van der Waals surface area contributed by atoms with Gasteiger partial charge in [0, 0.05) is 0 Å².